The molecule has 0 aliphatic carbocycles. The molecule has 25 heavy (non-hydrogen) atoms. The number of fused-ring (bicyclic) bond motifs is 1. The van der Waals surface area contributed by atoms with Crippen molar-refractivity contribution in [3.8, 4) is 23.8 Å². The van der Waals surface area contributed by atoms with Gasteiger partial charge in [-0.15, -0.1) is 0 Å². The zero-order valence-corrected chi connectivity index (χ0v) is 12.9. The number of nitrogens with zero attached hydrogens (tertiary/aromatic N) is 5. The predicted octanol–water partition coefficient (Wildman–Crippen LogP) is 3.38. The molecule has 8 nitrogen and oxygen atoms in total. The fraction of sp³-hybridized carbons (Fsp3) is 0.0588. The van der Waals surface area contributed by atoms with Gasteiger partial charge in [0.15, 0.2) is 0 Å². The molecule has 1 heterocycles. The summed E-state index contributed by atoms with van der Waals surface area (Å²) in [4.78, 5) is 19.3. The zero-order valence-electron chi connectivity index (χ0n) is 12.9. The van der Waals surface area contributed by atoms with Crippen LogP contribution in [0.4, 0.5) is 5.69 Å². The molecule has 0 radical (unpaired) electrons. The third-order valence-electron chi connectivity index (χ3n) is 3.44. The number of aryl methyl sites for hydroxylation is 1. The van der Waals surface area contributed by atoms with E-state index < -0.39 is 10.6 Å². The van der Waals surface area contributed by atoms with Crippen molar-refractivity contribution in [3.63, 3.8) is 0 Å². The summed E-state index contributed by atoms with van der Waals surface area (Å²) >= 11 is 0. The number of ether oxygens (including phenoxy) is 1. The second kappa shape index (κ2) is 6.22. The van der Waals surface area contributed by atoms with Crippen molar-refractivity contribution in [2.45, 2.75) is 6.92 Å². The topological polar surface area (TPSA) is 126 Å². The lowest BCUT2D eigenvalue weighted by molar-refractivity contribution is -0.385. The average Bonchev–Trinajstić information content (AvgIpc) is 2.61. The highest BCUT2D eigenvalue weighted by Crippen LogP contribution is 2.34. The van der Waals surface area contributed by atoms with E-state index in [4.69, 9.17) is 15.3 Å². The lowest BCUT2D eigenvalue weighted by Gasteiger charge is -2.09. The molecule has 0 saturated carbocycles. The SMILES string of the molecule is Cc1nc2ccccc2nc1Oc1cc(C#N)c(C#N)cc1[N+](=O)[O-]. The molecule has 0 N–H and O–H groups in total. The maximum Gasteiger partial charge on any atom is 0.313 e. The van der Waals surface area contributed by atoms with Crippen LogP contribution in [0.3, 0.4) is 0 Å². The van der Waals surface area contributed by atoms with Gasteiger partial charge in [0.2, 0.25) is 11.6 Å². The van der Waals surface area contributed by atoms with Crippen molar-refractivity contribution in [2.24, 2.45) is 0 Å². The first-order valence-electron chi connectivity index (χ1n) is 7.07. The lowest BCUT2D eigenvalue weighted by Crippen LogP contribution is -2.00. The summed E-state index contributed by atoms with van der Waals surface area (Å²) in [6.07, 6.45) is 0. The summed E-state index contributed by atoms with van der Waals surface area (Å²) in [6.45, 7) is 1.66. The second-order valence-corrected chi connectivity index (χ2v) is 5.05. The minimum atomic E-state index is -0.679. The number of nitriles is 2. The molecule has 0 atom stereocenters. The number of aromatic nitrogens is 2. The lowest BCUT2D eigenvalue weighted by atomic mass is 10.1. The van der Waals surface area contributed by atoms with Crippen molar-refractivity contribution >= 4 is 16.7 Å². The fourth-order valence-corrected chi connectivity index (χ4v) is 2.25. The maximum absolute atomic E-state index is 11.3. The summed E-state index contributed by atoms with van der Waals surface area (Å²) < 4.78 is 5.58. The molecule has 0 amide bonds. The van der Waals surface area contributed by atoms with Gasteiger partial charge in [0.05, 0.1) is 27.1 Å². The number of benzene rings is 2. The quantitative estimate of drug-likeness (QED) is 0.531. The van der Waals surface area contributed by atoms with Gasteiger partial charge < -0.3 is 4.74 Å². The Morgan fingerprint density at radius 1 is 1.08 bits per heavy atom. The van der Waals surface area contributed by atoms with Crippen molar-refractivity contribution in [1.82, 2.24) is 9.97 Å². The number of hydrogen-bond acceptors (Lipinski definition) is 7. The Kier molecular flexibility index (Phi) is 3.94. The van der Waals surface area contributed by atoms with Gasteiger partial charge in [0.25, 0.3) is 0 Å². The van der Waals surface area contributed by atoms with E-state index in [0.29, 0.717) is 16.7 Å². The Morgan fingerprint density at radius 3 is 2.28 bits per heavy atom. The van der Waals surface area contributed by atoms with E-state index in [0.717, 1.165) is 12.1 Å². The Bertz CT molecular complexity index is 1100. The van der Waals surface area contributed by atoms with Crippen molar-refractivity contribution < 1.29 is 9.66 Å². The van der Waals surface area contributed by atoms with E-state index in [-0.39, 0.29) is 22.8 Å². The molecule has 0 spiro atoms. The molecule has 0 unspecified atom stereocenters. The highest BCUT2D eigenvalue weighted by atomic mass is 16.6. The Morgan fingerprint density at radius 2 is 1.68 bits per heavy atom. The Labute approximate surface area is 141 Å². The van der Waals surface area contributed by atoms with Crippen LogP contribution >= 0.6 is 0 Å². The van der Waals surface area contributed by atoms with Crippen LogP contribution in [0, 0.1) is 39.7 Å². The van der Waals surface area contributed by atoms with Crippen molar-refractivity contribution in [2.75, 3.05) is 0 Å². The smallest absolute Gasteiger partial charge is 0.313 e. The van der Waals surface area contributed by atoms with Crippen LogP contribution in [0.25, 0.3) is 11.0 Å². The van der Waals surface area contributed by atoms with E-state index in [9.17, 15) is 10.1 Å². The van der Waals surface area contributed by atoms with Crippen LogP contribution in [0.2, 0.25) is 0 Å². The summed E-state index contributed by atoms with van der Waals surface area (Å²) in [5.41, 5.74) is 1.14. The van der Waals surface area contributed by atoms with Crippen molar-refractivity contribution in [1.29, 1.82) is 10.5 Å². The molecule has 0 aliphatic heterocycles. The predicted molar refractivity (Wildman–Crippen MR) is 86.9 cm³/mol. The summed E-state index contributed by atoms with van der Waals surface area (Å²) in [5.74, 6) is -0.0800. The molecule has 0 aliphatic rings. The van der Waals surface area contributed by atoms with Crippen LogP contribution in [-0.4, -0.2) is 14.9 Å². The van der Waals surface area contributed by atoms with E-state index in [2.05, 4.69) is 9.97 Å². The summed E-state index contributed by atoms with van der Waals surface area (Å²) in [7, 11) is 0. The third kappa shape index (κ3) is 2.92. The van der Waals surface area contributed by atoms with Crippen LogP contribution in [0.1, 0.15) is 16.8 Å². The monoisotopic (exact) mass is 331 g/mol. The number of hydrogen-bond donors (Lipinski definition) is 0. The van der Waals surface area contributed by atoms with Crippen LogP contribution in [0.5, 0.6) is 11.6 Å². The molecular formula is C17H9N5O3. The van der Waals surface area contributed by atoms with E-state index in [1.54, 1.807) is 31.2 Å². The minimum Gasteiger partial charge on any atom is -0.430 e. The molecule has 3 rings (SSSR count). The minimum absolute atomic E-state index is 0.0190. The van der Waals surface area contributed by atoms with Crippen molar-refractivity contribution in [3.05, 3.63) is 63.3 Å². The van der Waals surface area contributed by atoms with Gasteiger partial charge in [-0.2, -0.15) is 10.5 Å². The van der Waals surface area contributed by atoms with Crippen LogP contribution in [0.15, 0.2) is 36.4 Å². The molecule has 120 valence electrons. The number of nitro benzene ring substituents is 1. The van der Waals surface area contributed by atoms with Gasteiger partial charge in [-0.25, -0.2) is 9.97 Å². The first-order valence-corrected chi connectivity index (χ1v) is 7.07. The molecule has 0 saturated heterocycles. The highest BCUT2D eigenvalue weighted by Gasteiger charge is 2.21. The number of para-hydroxylation sites is 2. The molecule has 1 aromatic heterocycles. The van der Waals surface area contributed by atoms with Crippen LogP contribution < -0.4 is 4.74 Å². The van der Waals surface area contributed by atoms with Gasteiger partial charge in [-0.1, -0.05) is 12.1 Å². The van der Waals surface area contributed by atoms with E-state index in [1.807, 2.05) is 12.1 Å². The fourth-order valence-electron chi connectivity index (χ4n) is 2.25. The van der Waals surface area contributed by atoms with Crippen LogP contribution in [-0.2, 0) is 0 Å². The van der Waals surface area contributed by atoms with E-state index in [1.165, 1.54) is 0 Å². The van der Waals surface area contributed by atoms with Gasteiger partial charge in [0, 0.05) is 12.1 Å². The standard InChI is InChI=1S/C17H9N5O3/c1-10-17(21-14-5-3-2-4-13(14)20-10)25-16-7-12(9-19)11(8-18)6-15(16)22(23)24/h2-7H,1H3. The zero-order chi connectivity index (χ0) is 18.0. The first-order chi connectivity index (χ1) is 12.0. The molecular weight excluding hydrogens is 322 g/mol. The van der Waals surface area contributed by atoms with Gasteiger partial charge in [0.1, 0.15) is 17.8 Å². The molecule has 0 bridgehead atoms. The largest absolute Gasteiger partial charge is 0.430 e. The molecule has 3 aromatic rings. The Hall–Kier alpha value is -4.04. The summed E-state index contributed by atoms with van der Waals surface area (Å²) in [5, 5.41) is 29.4. The molecule has 2 aromatic carbocycles. The van der Waals surface area contributed by atoms with Gasteiger partial charge >= 0.3 is 5.69 Å². The average molecular weight is 331 g/mol. The normalized spacial score (nSPS) is 10.0. The molecule has 8 heteroatoms. The van der Waals surface area contributed by atoms with E-state index >= 15 is 0 Å². The second-order valence-electron chi connectivity index (χ2n) is 5.05. The Balaban J connectivity index is 2.15. The van der Waals surface area contributed by atoms with Gasteiger partial charge in [-0.05, 0) is 19.1 Å². The number of rotatable bonds is 3. The third-order valence-corrected chi connectivity index (χ3v) is 3.44. The molecule has 0 fully saturated rings. The summed E-state index contributed by atoms with van der Waals surface area (Å²) in [6, 6.07) is 12.9. The highest BCUT2D eigenvalue weighted by molar-refractivity contribution is 5.74. The first kappa shape index (κ1) is 15.8. The van der Waals surface area contributed by atoms with Gasteiger partial charge in [-0.3, -0.25) is 10.1 Å². The number of nitro groups is 1. The maximum atomic E-state index is 11.3.